The Balaban J connectivity index is 1.85. The van der Waals surface area contributed by atoms with Crippen LogP contribution in [0.3, 0.4) is 0 Å². The molecule has 2 heterocycles. The predicted molar refractivity (Wildman–Crippen MR) is 72.6 cm³/mol. The highest BCUT2D eigenvalue weighted by atomic mass is 16.2. The standard InChI is InChI=1S/C13H22N4O3/c1-15-6-8-17(9-7-15)13(20)12(19)16-4-2-10(3-5-16)11(14)18/h10H,2-9H2,1H3,(H2,14,18). The van der Waals surface area contributed by atoms with E-state index in [9.17, 15) is 14.4 Å². The lowest BCUT2D eigenvalue weighted by atomic mass is 9.96. The van der Waals surface area contributed by atoms with Gasteiger partial charge in [-0.3, -0.25) is 14.4 Å². The first-order valence-corrected chi connectivity index (χ1v) is 7.05. The molecule has 0 atom stereocenters. The van der Waals surface area contributed by atoms with E-state index in [1.807, 2.05) is 7.05 Å². The zero-order chi connectivity index (χ0) is 14.7. The van der Waals surface area contributed by atoms with E-state index in [1.165, 1.54) is 0 Å². The Kier molecular flexibility index (Phi) is 4.59. The zero-order valence-corrected chi connectivity index (χ0v) is 11.9. The molecule has 20 heavy (non-hydrogen) atoms. The highest BCUT2D eigenvalue weighted by Gasteiger charge is 2.32. The number of carbonyl (C=O) groups is 3. The molecule has 2 rings (SSSR count). The van der Waals surface area contributed by atoms with Crippen molar-refractivity contribution < 1.29 is 14.4 Å². The smallest absolute Gasteiger partial charge is 0.312 e. The quantitative estimate of drug-likeness (QED) is 0.592. The maximum Gasteiger partial charge on any atom is 0.312 e. The molecule has 0 aromatic rings. The third-order valence-electron chi connectivity index (χ3n) is 4.16. The third-order valence-corrected chi connectivity index (χ3v) is 4.16. The summed E-state index contributed by atoms with van der Waals surface area (Å²) in [5.74, 6) is -1.35. The van der Waals surface area contributed by atoms with Gasteiger partial charge in [-0.2, -0.15) is 0 Å². The predicted octanol–water partition coefficient (Wildman–Crippen LogP) is -1.52. The van der Waals surface area contributed by atoms with Gasteiger partial charge in [-0.15, -0.1) is 0 Å². The van der Waals surface area contributed by atoms with Crippen molar-refractivity contribution in [2.75, 3.05) is 46.3 Å². The first-order chi connectivity index (χ1) is 9.49. The maximum absolute atomic E-state index is 12.2. The first kappa shape index (κ1) is 14.8. The Morgan fingerprint density at radius 1 is 0.850 bits per heavy atom. The SMILES string of the molecule is CN1CCN(C(=O)C(=O)N2CCC(C(N)=O)CC2)CC1. The number of likely N-dealkylation sites (N-methyl/N-ethyl adjacent to an activating group) is 1. The molecule has 7 heteroatoms. The van der Waals surface area contributed by atoms with Crippen LogP contribution in [0.1, 0.15) is 12.8 Å². The summed E-state index contributed by atoms with van der Waals surface area (Å²) in [5.41, 5.74) is 5.26. The van der Waals surface area contributed by atoms with Gasteiger partial charge in [-0.1, -0.05) is 0 Å². The van der Waals surface area contributed by atoms with Gasteiger partial charge in [-0.05, 0) is 19.9 Å². The summed E-state index contributed by atoms with van der Waals surface area (Å²) in [6.45, 7) is 3.65. The molecule has 2 aliphatic heterocycles. The lowest BCUT2D eigenvalue weighted by Gasteiger charge is -2.35. The van der Waals surface area contributed by atoms with Crippen LogP contribution in [0.15, 0.2) is 0 Å². The molecule has 2 saturated heterocycles. The Bertz CT molecular complexity index is 396. The van der Waals surface area contributed by atoms with Crippen LogP contribution in [0.4, 0.5) is 0 Å². The van der Waals surface area contributed by atoms with Gasteiger partial charge in [-0.25, -0.2) is 0 Å². The van der Waals surface area contributed by atoms with Crippen molar-refractivity contribution in [1.29, 1.82) is 0 Å². The Morgan fingerprint density at radius 2 is 1.30 bits per heavy atom. The van der Waals surface area contributed by atoms with Crippen molar-refractivity contribution in [3.8, 4) is 0 Å². The molecule has 0 bridgehead atoms. The number of carbonyl (C=O) groups excluding carboxylic acids is 3. The van der Waals surface area contributed by atoms with E-state index in [0.717, 1.165) is 13.1 Å². The largest absolute Gasteiger partial charge is 0.369 e. The molecule has 0 radical (unpaired) electrons. The van der Waals surface area contributed by atoms with Crippen LogP contribution in [0, 0.1) is 5.92 Å². The highest BCUT2D eigenvalue weighted by Crippen LogP contribution is 2.17. The molecule has 112 valence electrons. The fourth-order valence-electron chi connectivity index (χ4n) is 2.65. The van der Waals surface area contributed by atoms with Crippen molar-refractivity contribution in [3.63, 3.8) is 0 Å². The number of hydrogen-bond donors (Lipinski definition) is 1. The fourth-order valence-corrected chi connectivity index (χ4v) is 2.65. The number of hydrogen-bond acceptors (Lipinski definition) is 4. The van der Waals surface area contributed by atoms with Crippen LogP contribution >= 0.6 is 0 Å². The molecule has 2 fully saturated rings. The lowest BCUT2D eigenvalue weighted by molar-refractivity contribution is -0.153. The van der Waals surface area contributed by atoms with Crippen molar-refractivity contribution >= 4 is 17.7 Å². The van der Waals surface area contributed by atoms with Gasteiger partial charge in [0.15, 0.2) is 0 Å². The number of piperidine rings is 1. The number of amides is 3. The minimum absolute atomic E-state index is 0.169. The van der Waals surface area contributed by atoms with Crippen LogP contribution < -0.4 is 5.73 Å². The average molecular weight is 282 g/mol. The molecule has 0 aromatic heterocycles. The summed E-state index contributed by atoms with van der Waals surface area (Å²) in [6, 6.07) is 0. The number of nitrogens with zero attached hydrogens (tertiary/aromatic N) is 3. The van der Waals surface area contributed by atoms with Gasteiger partial charge in [0.1, 0.15) is 0 Å². The molecule has 2 aliphatic rings. The fraction of sp³-hybridized carbons (Fsp3) is 0.769. The van der Waals surface area contributed by atoms with E-state index in [1.54, 1.807) is 9.80 Å². The highest BCUT2D eigenvalue weighted by molar-refractivity contribution is 6.34. The van der Waals surface area contributed by atoms with Gasteiger partial charge in [0, 0.05) is 45.2 Å². The third kappa shape index (κ3) is 3.27. The zero-order valence-electron chi connectivity index (χ0n) is 11.9. The molecular formula is C13H22N4O3. The second kappa shape index (κ2) is 6.21. The maximum atomic E-state index is 12.2. The van der Waals surface area contributed by atoms with Gasteiger partial charge >= 0.3 is 11.8 Å². The summed E-state index contributed by atoms with van der Waals surface area (Å²) >= 11 is 0. The lowest BCUT2D eigenvalue weighted by Crippen LogP contribution is -2.53. The van der Waals surface area contributed by atoms with Crippen LogP contribution in [-0.2, 0) is 14.4 Å². The molecule has 3 amide bonds. The van der Waals surface area contributed by atoms with Crippen molar-refractivity contribution in [3.05, 3.63) is 0 Å². The van der Waals surface area contributed by atoms with E-state index < -0.39 is 11.8 Å². The average Bonchev–Trinajstić information content (AvgIpc) is 2.46. The molecule has 0 spiro atoms. The summed E-state index contributed by atoms with van der Waals surface area (Å²) in [4.78, 5) is 40.7. The van der Waals surface area contributed by atoms with E-state index in [0.29, 0.717) is 39.0 Å². The molecular weight excluding hydrogens is 260 g/mol. The second-order valence-corrected chi connectivity index (χ2v) is 5.56. The van der Waals surface area contributed by atoms with Crippen LogP contribution in [0.2, 0.25) is 0 Å². The monoisotopic (exact) mass is 282 g/mol. The molecule has 7 nitrogen and oxygen atoms in total. The van der Waals surface area contributed by atoms with Gasteiger partial charge in [0.05, 0.1) is 0 Å². The Hall–Kier alpha value is -1.63. The van der Waals surface area contributed by atoms with E-state index in [2.05, 4.69) is 4.90 Å². The van der Waals surface area contributed by atoms with Crippen LogP contribution in [0.5, 0.6) is 0 Å². The minimum atomic E-state index is -0.447. The van der Waals surface area contributed by atoms with Gasteiger partial charge in [0.2, 0.25) is 5.91 Å². The summed E-state index contributed by atoms with van der Waals surface area (Å²) in [5, 5.41) is 0. The van der Waals surface area contributed by atoms with Crippen molar-refractivity contribution in [2.24, 2.45) is 11.7 Å². The Labute approximate surface area is 118 Å². The minimum Gasteiger partial charge on any atom is -0.369 e. The van der Waals surface area contributed by atoms with Crippen molar-refractivity contribution in [1.82, 2.24) is 14.7 Å². The number of piperazine rings is 1. The van der Waals surface area contributed by atoms with Crippen LogP contribution in [0.25, 0.3) is 0 Å². The summed E-state index contributed by atoms with van der Waals surface area (Å²) < 4.78 is 0. The molecule has 2 N–H and O–H groups in total. The number of rotatable bonds is 1. The number of nitrogens with two attached hydrogens (primary N) is 1. The summed E-state index contributed by atoms with van der Waals surface area (Å²) in [7, 11) is 2.00. The topological polar surface area (TPSA) is 87.0 Å². The number of likely N-dealkylation sites (tertiary alicyclic amines) is 1. The first-order valence-electron chi connectivity index (χ1n) is 7.05. The summed E-state index contributed by atoms with van der Waals surface area (Å²) in [6.07, 6.45) is 1.11. The molecule has 0 aliphatic carbocycles. The van der Waals surface area contributed by atoms with Crippen LogP contribution in [-0.4, -0.2) is 78.7 Å². The van der Waals surface area contributed by atoms with Gasteiger partial charge < -0.3 is 20.4 Å². The molecule has 0 unspecified atom stereocenters. The van der Waals surface area contributed by atoms with Gasteiger partial charge in [0.25, 0.3) is 0 Å². The number of primary amides is 1. The molecule has 0 aromatic carbocycles. The Morgan fingerprint density at radius 3 is 1.75 bits per heavy atom. The van der Waals surface area contributed by atoms with Crippen molar-refractivity contribution in [2.45, 2.75) is 12.8 Å². The second-order valence-electron chi connectivity index (χ2n) is 5.56. The van der Waals surface area contributed by atoms with E-state index >= 15 is 0 Å². The van der Waals surface area contributed by atoms with E-state index in [4.69, 9.17) is 5.73 Å². The normalized spacial score (nSPS) is 21.9. The van der Waals surface area contributed by atoms with E-state index in [-0.39, 0.29) is 11.8 Å². The molecule has 0 saturated carbocycles.